The average molecular weight is 203 g/mol. The van der Waals surface area contributed by atoms with Crippen molar-refractivity contribution in [3.8, 4) is 28.4 Å². The van der Waals surface area contributed by atoms with Crippen molar-refractivity contribution >= 4 is 0 Å². The molecule has 0 bridgehead atoms. The number of rotatable bonds is 1. The highest BCUT2D eigenvalue weighted by Crippen LogP contribution is 2.29. The van der Waals surface area contributed by atoms with Crippen molar-refractivity contribution in [2.75, 3.05) is 0 Å². The Labute approximate surface area is 86.9 Å². The van der Waals surface area contributed by atoms with E-state index < -0.39 is 0 Å². The summed E-state index contributed by atoms with van der Waals surface area (Å²) in [6.07, 6.45) is 0. The van der Waals surface area contributed by atoms with Crippen molar-refractivity contribution in [3.05, 3.63) is 42.5 Å². The van der Waals surface area contributed by atoms with Crippen molar-refractivity contribution in [1.82, 2.24) is 0 Å². The molecular weight excluding hydrogens is 192 g/mol. The van der Waals surface area contributed by atoms with Crippen LogP contribution >= 0.6 is 0 Å². The molecule has 4 N–H and O–H groups in total. The van der Waals surface area contributed by atoms with Crippen molar-refractivity contribution in [2.24, 2.45) is 0 Å². The summed E-state index contributed by atoms with van der Waals surface area (Å²) >= 11 is 0. The quantitative estimate of drug-likeness (QED) is 0.698. The summed E-state index contributed by atoms with van der Waals surface area (Å²) in [5.41, 5.74) is 1.59. The molecule has 0 saturated carbocycles. The zero-order valence-electron chi connectivity index (χ0n) is 7.94. The Morgan fingerprint density at radius 2 is 1.27 bits per heavy atom. The van der Waals surface area contributed by atoms with Gasteiger partial charge in [-0.15, -0.1) is 0 Å². The topological polar surface area (TPSA) is 63.4 Å². The predicted octanol–water partition coefficient (Wildman–Crippen LogP) is 2.20. The Morgan fingerprint density at radius 3 is 1.80 bits per heavy atom. The minimum Gasteiger partial charge on any atom is -0.593 e. The van der Waals surface area contributed by atoms with E-state index in [1.165, 1.54) is 6.07 Å². The lowest BCUT2D eigenvalue weighted by Crippen LogP contribution is -1.77. The smallest absolute Gasteiger partial charge is 0.253 e. The van der Waals surface area contributed by atoms with Crippen LogP contribution in [-0.2, 0) is 0 Å². The van der Waals surface area contributed by atoms with Crippen LogP contribution in [0.5, 0.6) is 17.2 Å². The molecule has 0 unspecified atom stereocenters. The molecule has 0 heterocycles. The van der Waals surface area contributed by atoms with Gasteiger partial charge in [0.1, 0.15) is 11.5 Å². The first kappa shape index (κ1) is 9.40. The lowest BCUT2D eigenvalue weighted by Gasteiger charge is -2.03. The van der Waals surface area contributed by atoms with Crippen LogP contribution in [0.25, 0.3) is 11.1 Å². The Balaban J connectivity index is 2.49. The van der Waals surface area contributed by atoms with Crippen LogP contribution in [0.2, 0.25) is 0 Å². The van der Waals surface area contributed by atoms with E-state index in [9.17, 15) is 10.2 Å². The van der Waals surface area contributed by atoms with E-state index in [1.807, 2.05) is 0 Å². The summed E-state index contributed by atoms with van der Waals surface area (Å²) in [5.74, 6) is 0.489. The Hall–Kier alpha value is -2.16. The highest BCUT2D eigenvalue weighted by molar-refractivity contribution is 5.67. The third kappa shape index (κ3) is 2.02. The molecule has 0 aliphatic rings. The van der Waals surface area contributed by atoms with Crippen molar-refractivity contribution < 1.29 is 15.3 Å². The van der Waals surface area contributed by atoms with Crippen LogP contribution < -0.4 is 0 Å². The number of benzene rings is 2. The van der Waals surface area contributed by atoms with E-state index in [0.717, 1.165) is 11.1 Å². The predicted molar refractivity (Wildman–Crippen MR) is 58.3 cm³/mol. The molecule has 3 nitrogen and oxygen atoms in total. The maximum Gasteiger partial charge on any atom is 0.253 e. The highest BCUT2D eigenvalue weighted by Gasteiger charge is 2.02. The molecule has 3 heteroatoms. The molecule has 0 aliphatic carbocycles. The van der Waals surface area contributed by atoms with Crippen LogP contribution in [0.1, 0.15) is 0 Å². The molecule has 0 radical (unpaired) electrons. The molecular formula is C12H11O3+. The molecule has 0 aromatic heterocycles. The monoisotopic (exact) mass is 203 g/mol. The van der Waals surface area contributed by atoms with E-state index in [2.05, 4.69) is 0 Å². The van der Waals surface area contributed by atoms with Gasteiger partial charge in [0.25, 0.3) is 5.75 Å². The summed E-state index contributed by atoms with van der Waals surface area (Å²) in [6.45, 7) is 0. The van der Waals surface area contributed by atoms with Crippen LogP contribution in [0.4, 0.5) is 0 Å². The van der Waals surface area contributed by atoms with Crippen molar-refractivity contribution in [3.63, 3.8) is 0 Å². The van der Waals surface area contributed by atoms with Gasteiger partial charge in [-0.25, -0.2) is 0 Å². The zero-order valence-corrected chi connectivity index (χ0v) is 7.94. The number of phenolic OH excluding ortho intramolecular Hbond substituents is 2. The number of hydrogen-bond acceptors (Lipinski definition) is 2. The summed E-state index contributed by atoms with van der Waals surface area (Å²) in [6, 6.07) is 11.3. The molecule has 76 valence electrons. The van der Waals surface area contributed by atoms with Gasteiger partial charge in [-0.1, -0.05) is 0 Å². The number of hydrogen-bond donors (Lipinski definition) is 2. The summed E-state index contributed by atoms with van der Waals surface area (Å²) in [5, 5.41) is 26.0. The average Bonchev–Trinajstić information content (AvgIpc) is 2.17. The normalized spacial score (nSPS) is 10.1. The molecule has 0 spiro atoms. The molecule has 0 amide bonds. The maximum atomic E-state index is 9.31. The van der Waals surface area contributed by atoms with Crippen molar-refractivity contribution in [1.29, 1.82) is 0 Å². The molecule has 0 aliphatic heterocycles. The second-order valence-corrected chi connectivity index (χ2v) is 3.32. The standard InChI is InChI=1S/C12H10O3/c13-10-3-1-8(2-4-10)9-5-11(14)7-12(15)6-9/h1-7,13-15H/p+1. The Bertz CT molecular complexity index is 454. The van der Waals surface area contributed by atoms with E-state index in [1.54, 1.807) is 36.4 Å². The van der Waals surface area contributed by atoms with Crippen LogP contribution in [0, 0.1) is 0 Å². The fourth-order valence-electron chi connectivity index (χ4n) is 1.42. The van der Waals surface area contributed by atoms with Crippen LogP contribution in [0.3, 0.4) is 0 Å². The summed E-state index contributed by atoms with van der Waals surface area (Å²) in [7, 11) is 0. The van der Waals surface area contributed by atoms with E-state index in [-0.39, 0.29) is 11.5 Å². The largest absolute Gasteiger partial charge is 0.593 e. The number of aromatic hydroxyl groups is 2. The molecule has 0 fully saturated rings. The van der Waals surface area contributed by atoms with E-state index >= 15 is 0 Å². The van der Waals surface area contributed by atoms with Crippen LogP contribution in [0.15, 0.2) is 42.5 Å². The summed E-state index contributed by atoms with van der Waals surface area (Å²) < 4.78 is 0. The molecule has 2 aromatic rings. The fourth-order valence-corrected chi connectivity index (χ4v) is 1.42. The lowest BCUT2D eigenvalue weighted by atomic mass is 10.1. The Morgan fingerprint density at radius 1 is 0.733 bits per heavy atom. The molecule has 0 atom stereocenters. The van der Waals surface area contributed by atoms with E-state index in [0.29, 0.717) is 5.75 Å². The summed E-state index contributed by atoms with van der Waals surface area (Å²) in [4.78, 5) is 0. The van der Waals surface area contributed by atoms with Gasteiger partial charge in [-0.2, -0.15) is 0 Å². The van der Waals surface area contributed by atoms with Gasteiger partial charge in [0, 0.05) is 18.2 Å². The highest BCUT2D eigenvalue weighted by atomic mass is 16.3. The second-order valence-electron chi connectivity index (χ2n) is 3.32. The number of phenols is 2. The molecule has 2 rings (SSSR count). The van der Waals surface area contributed by atoms with Gasteiger partial charge >= 0.3 is 0 Å². The lowest BCUT2D eigenvalue weighted by molar-refractivity contribution is 0.451. The minimum absolute atomic E-state index is 0.0277. The molecule has 0 saturated heterocycles. The molecule has 2 aromatic carbocycles. The van der Waals surface area contributed by atoms with Gasteiger partial charge < -0.3 is 15.3 Å². The van der Waals surface area contributed by atoms with Gasteiger partial charge in [0.05, 0.1) is 0 Å². The van der Waals surface area contributed by atoms with Gasteiger partial charge in [0.15, 0.2) is 0 Å². The first-order valence-corrected chi connectivity index (χ1v) is 4.50. The van der Waals surface area contributed by atoms with Crippen LogP contribution in [-0.4, -0.2) is 15.3 Å². The third-order valence-electron chi connectivity index (χ3n) is 2.12. The SMILES string of the molecule is Oc1cc(O)cc(-c2ccc([OH2+])cc2)c1. The third-order valence-corrected chi connectivity index (χ3v) is 2.12. The minimum atomic E-state index is 0.0277. The van der Waals surface area contributed by atoms with Gasteiger partial charge in [-0.05, 0) is 35.4 Å². The fraction of sp³-hybridized carbons (Fsp3) is 0. The Kier molecular flexibility index (Phi) is 2.21. The first-order valence-electron chi connectivity index (χ1n) is 4.50. The van der Waals surface area contributed by atoms with Crippen molar-refractivity contribution in [2.45, 2.75) is 0 Å². The maximum absolute atomic E-state index is 9.31. The van der Waals surface area contributed by atoms with E-state index in [4.69, 9.17) is 5.11 Å². The second kappa shape index (κ2) is 3.53. The van der Waals surface area contributed by atoms with Gasteiger partial charge in [-0.3, -0.25) is 0 Å². The zero-order chi connectivity index (χ0) is 10.8. The molecule has 15 heavy (non-hydrogen) atoms. The van der Waals surface area contributed by atoms with Gasteiger partial charge in [0.2, 0.25) is 0 Å². The first-order chi connectivity index (χ1) is 7.15.